The zero-order chi connectivity index (χ0) is 10.7. The second kappa shape index (κ2) is 4.06. The first-order valence-electron chi connectivity index (χ1n) is 4.64. The van der Waals surface area contributed by atoms with E-state index in [9.17, 15) is 4.79 Å². The van der Waals surface area contributed by atoms with E-state index in [2.05, 4.69) is 10.3 Å². The quantitative estimate of drug-likeness (QED) is 0.765. The normalized spacial score (nSPS) is 10.2. The number of hydrogen-bond donors (Lipinski definition) is 2. The number of rotatable bonds is 2. The van der Waals surface area contributed by atoms with E-state index in [4.69, 9.17) is 5.73 Å². The first-order chi connectivity index (χ1) is 7.29. The Morgan fingerprint density at radius 3 is 3.07 bits per heavy atom. The van der Waals surface area contributed by atoms with Gasteiger partial charge in [0.2, 0.25) is 5.91 Å². The van der Waals surface area contributed by atoms with Gasteiger partial charge in [0.1, 0.15) is 0 Å². The molecule has 0 saturated carbocycles. The minimum atomic E-state index is -0.196. The molecule has 2 rings (SSSR count). The summed E-state index contributed by atoms with van der Waals surface area (Å²) in [4.78, 5) is 15.2. The second-order valence-corrected chi connectivity index (χ2v) is 3.16. The highest BCUT2D eigenvalue weighted by Crippen LogP contribution is 2.16. The lowest BCUT2D eigenvalue weighted by Gasteiger charge is -2.04. The molecule has 0 saturated heterocycles. The number of aromatic nitrogens is 1. The van der Waals surface area contributed by atoms with Gasteiger partial charge in [-0.2, -0.15) is 0 Å². The highest BCUT2D eigenvalue weighted by Gasteiger charge is 2.00. The van der Waals surface area contributed by atoms with E-state index >= 15 is 0 Å². The van der Waals surface area contributed by atoms with Gasteiger partial charge in [-0.3, -0.25) is 9.78 Å². The Bertz CT molecular complexity index is 496. The lowest BCUT2D eigenvalue weighted by Crippen LogP contribution is -2.21. The lowest BCUT2D eigenvalue weighted by atomic mass is 10.2. The molecule has 1 aromatic carbocycles. The van der Waals surface area contributed by atoms with Crippen LogP contribution in [0.2, 0.25) is 0 Å². The first kappa shape index (κ1) is 9.61. The van der Waals surface area contributed by atoms with Crippen LogP contribution in [0.5, 0.6) is 0 Å². The van der Waals surface area contributed by atoms with Crippen molar-refractivity contribution in [2.45, 2.75) is 0 Å². The fraction of sp³-hybridized carbons (Fsp3) is 0.0909. The van der Waals surface area contributed by atoms with Crippen LogP contribution in [-0.2, 0) is 4.79 Å². The predicted molar refractivity (Wildman–Crippen MR) is 59.4 cm³/mol. The number of nitrogens with two attached hydrogens (primary N) is 1. The summed E-state index contributed by atoms with van der Waals surface area (Å²) in [6.45, 7) is -0.00885. The van der Waals surface area contributed by atoms with Crippen LogP contribution in [-0.4, -0.2) is 17.4 Å². The zero-order valence-electron chi connectivity index (χ0n) is 8.10. The summed E-state index contributed by atoms with van der Waals surface area (Å²) in [5, 5.41) is 3.68. The summed E-state index contributed by atoms with van der Waals surface area (Å²) in [6, 6.07) is 9.34. The molecular formula is C11H11N3O. The van der Waals surface area contributed by atoms with Gasteiger partial charge in [-0.15, -0.1) is 0 Å². The average molecular weight is 201 g/mol. The van der Waals surface area contributed by atoms with Gasteiger partial charge in [0.15, 0.2) is 0 Å². The summed E-state index contributed by atoms with van der Waals surface area (Å²) in [7, 11) is 0. The van der Waals surface area contributed by atoms with Crippen molar-refractivity contribution < 1.29 is 4.79 Å². The monoisotopic (exact) mass is 201 g/mol. The van der Waals surface area contributed by atoms with Gasteiger partial charge in [-0.25, -0.2) is 0 Å². The van der Waals surface area contributed by atoms with Crippen LogP contribution in [0.4, 0.5) is 5.69 Å². The lowest BCUT2D eigenvalue weighted by molar-refractivity contribution is -0.114. The topological polar surface area (TPSA) is 68.0 Å². The minimum Gasteiger partial charge on any atom is -0.325 e. The molecule has 1 aromatic heterocycles. The standard InChI is InChI=1S/C11H11N3O/c12-7-11(15)14-9-3-4-10-8(6-9)2-1-5-13-10/h1-6H,7,12H2,(H,14,15). The Balaban J connectivity index is 2.34. The van der Waals surface area contributed by atoms with E-state index in [0.29, 0.717) is 0 Å². The van der Waals surface area contributed by atoms with Crippen molar-refractivity contribution in [2.24, 2.45) is 5.73 Å². The van der Waals surface area contributed by atoms with Crippen molar-refractivity contribution in [3.63, 3.8) is 0 Å². The maximum absolute atomic E-state index is 11.1. The summed E-state index contributed by atoms with van der Waals surface area (Å²) < 4.78 is 0. The fourth-order valence-electron chi connectivity index (χ4n) is 1.37. The Morgan fingerprint density at radius 2 is 2.27 bits per heavy atom. The number of hydrogen-bond acceptors (Lipinski definition) is 3. The van der Waals surface area contributed by atoms with Crippen LogP contribution in [0.15, 0.2) is 36.5 Å². The van der Waals surface area contributed by atoms with E-state index < -0.39 is 0 Å². The van der Waals surface area contributed by atoms with Crippen LogP contribution in [0.25, 0.3) is 10.9 Å². The molecule has 0 fully saturated rings. The van der Waals surface area contributed by atoms with Gasteiger partial charge < -0.3 is 11.1 Å². The largest absolute Gasteiger partial charge is 0.325 e. The number of anilines is 1. The molecule has 15 heavy (non-hydrogen) atoms. The summed E-state index contributed by atoms with van der Waals surface area (Å²) in [6.07, 6.45) is 1.74. The number of benzene rings is 1. The SMILES string of the molecule is NCC(=O)Nc1ccc2ncccc2c1. The van der Waals surface area contributed by atoms with Gasteiger partial charge in [-0.1, -0.05) is 6.07 Å². The van der Waals surface area contributed by atoms with Crippen LogP contribution in [0.1, 0.15) is 0 Å². The first-order valence-corrected chi connectivity index (χ1v) is 4.64. The molecule has 0 aliphatic rings. The van der Waals surface area contributed by atoms with Gasteiger partial charge in [-0.05, 0) is 24.3 Å². The van der Waals surface area contributed by atoms with Crippen molar-refractivity contribution in [1.29, 1.82) is 0 Å². The van der Waals surface area contributed by atoms with Crippen molar-refractivity contribution in [3.05, 3.63) is 36.5 Å². The Kier molecular flexibility index (Phi) is 2.60. The number of pyridine rings is 1. The van der Waals surface area contributed by atoms with E-state index in [-0.39, 0.29) is 12.5 Å². The average Bonchev–Trinajstić information content (AvgIpc) is 2.29. The van der Waals surface area contributed by atoms with Crippen molar-refractivity contribution >= 4 is 22.5 Å². The van der Waals surface area contributed by atoms with Gasteiger partial charge in [0.05, 0.1) is 12.1 Å². The molecule has 1 amide bonds. The summed E-state index contributed by atoms with van der Waals surface area (Å²) in [5.74, 6) is -0.196. The molecule has 0 spiro atoms. The number of nitrogens with one attached hydrogen (secondary N) is 1. The number of carbonyl (C=O) groups excluding carboxylic acids is 1. The number of amides is 1. The van der Waals surface area contributed by atoms with E-state index in [1.807, 2.05) is 30.3 Å². The molecule has 4 nitrogen and oxygen atoms in total. The maximum Gasteiger partial charge on any atom is 0.238 e. The molecule has 0 aliphatic carbocycles. The predicted octanol–water partition coefficient (Wildman–Crippen LogP) is 1.13. The molecule has 2 aromatic rings. The van der Waals surface area contributed by atoms with Gasteiger partial charge >= 0.3 is 0 Å². The van der Waals surface area contributed by atoms with Gasteiger partial charge in [0, 0.05) is 17.3 Å². The molecule has 1 heterocycles. The highest BCUT2D eigenvalue weighted by molar-refractivity contribution is 5.94. The van der Waals surface area contributed by atoms with E-state index in [1.165, 1.54) is 0 Å². The zero-order valence-corrected chi connectivity index (χ0v) is 8.10. The Labute approximate surface area is 87.1 Å². The highest BCUT2D eigenvalue weighted by atomic mass is 16.1. The summed E-state index contributed by atoms with van der Waals surface area (Å²) >= 11 is 0. The molecule has 0 radical (unpaired) electrons. The Morgan fingerprint density at radius 1 is 1.40 bits per heavy atom. The minimum absolute atomic E-state index is 0.00885. The molecule has 4 heteroatoms. The molecule has 3 N–H and O–H groups in total. The van der Waals surface area contributed by atoms with Crippen LogP contribution < -0.4 is 11.1 Å². The van der Waals surface area contributed by atoms with E-state index in [0.717, 1.165) is 16.6 Å². The molecule has 0 unspecified atom stereocenters. The van der Waals surface area contributed by atoms with Crippen molar-refractivity contribution in [2.75, 3.05) is 11.9 Å². The second-order valence-electron chi connectivity index (χ2n) is 3.16. The fourth-order valence-corrected chi connectivity index (χ4v) is 1.37. The molecule has 0 bridgehead atoms. The Hall–Kier alpha value is -1.94. The molecule has 76 valence electrons. The number of fused-ring (bicyclic) bond motifs is 1. The third-order valence-electron chi connectivity index (χ3n) is 2.07. The molecule has 0 atom stereocenters. The van der Waals surface area contributed by atoms with Crippen molar-refractivity contribution in [1.82, 2.24) is 4.98 Å². The smallest absolute Gasteiger partial charge is 0.238 e. The van der Waals surface area contributed by atoms with Crippen LogP contribution in [0.3, 0.4) is 0 Å². The molecule has 0 aliphatic heterocycles. The van der Waals surface area contributed by atoms with Crippen molar-refractivity contribution in [3.8, 4) is 0 Å². The van der Waals surface area contributed by atoms with Gasteiger partial charge in [0.25, 0.3) is 0 Å². The maximum atomic E-state index is 11.1. The third kappa shape index (κ3) is 2.11. The number of nitrogens with zero attached hydrogens (tertiary/aromatic N) is 1. The van der Waals surface area contributed by atoms with Crippen LogP contribution >= 0.6 is 0 Å². The third-order valence-corrected chi connectivity index (χ3v) is 2.07. The summed E-state index contributed by atoms with van der Waals surface area (Å²) in [5.41, 5.74) is 6.86. The molecular weight excluding hydrogens is 190 g/mol. The van der Waals surface area contributed by atoms with E-state index in [1.54, 1.807) is 6.20 Å². The number of carbonyl (C=O) groups is 1. The van der Waals surface area contributed by atoms with Crippen LogP contribution in [0, 0.1) is 0 Å².